The molecule has 0 bridgehead atoms. The summed E-state index contributed by atoms with van der Waals surface area (Å²) < 4.78 is 21.5. The number of amides is 2. The second kappa shape index (κ2) is 10.3. The molecule has 0 aromatic heterocycles. The van der Waals surface area contributed by atoms with Crippen molar-refractivity contribution in [1.82, 2.24) is 15.5 Å². The summed E-state index contributed by atoms with van der Waals surface area (Å²) in [5.41, 5.74) is 1.86. The Bertz CT molecular complexity index is 943. The highest BCUT2D eigenvalue weighted by atomic mass is 16.7. The van der Waals surface area contributed by atoms with Gasteiger partial charge in [-0.15, -0.1) is 0 Å². The molecule has 170 valence electrons. The molecular formula is C23H27N3O6. The van der Waals surface area contributed by atoms with Crippen molar-refractivity contribution >= 4 is 11.8 Å². The number of carbonyl (C=O) groups is 2. The van der Waals surface area contributed by atoms with Crippen LogP contribution in [0.15, 0.2) is 42.5 Å². The number of benzene rings is 2. The maximum Gasteiger partial charge on any atom is 0.309 e. The van der Waals surface area contributed by atoms with Crippen LogP contribution in [0.5, 0.6) is 17.2 Å². The van der Waals surface area contributed by atoms with Gasteiger partial charge in [-0.05, 0) is 35.4 Å². The van der Waals surface area contributed by atoms with E-state index in [-0.39, 0.29) is 25.9 Å². The highest BCUT2D eigenvalue weighted by molar-refractivity contribution is 6.35. The van der Waals surface area contributed by atoms with Crippen LogP contribution in [0.2, 0.25) is 0 Å². The number of fused-ring (bicyclic) bond motifs is 1. The number of nitrogens with zero attached hydrogens (tertiary/aromatic N) is 1. The van der Waals surface area contributed by atoms with Gasteiger partial charge >= 0.3 is 11.8 Å². The quantitative estimate of drug-likeness (QED) is 0.624. The zero-order valence-electron chi connectivity index (χ0n) is 18.0. The molecule has 32 heavy (non-hydrogen) atoms. The summed E-state index contributed by atoms with van der Waals surface area (Å²) in [6, 6.07) is 12.9. The Balaban J connectivity index is 1.36. The lowest BCUT2D eigenvalue weighted by molar-refractivity contribution is -0.139. The molecule has 0 saturated carbocycles. The normalized spacial score (nSPS) is 16.3. The largest absolute Gasteiger partial charge is 0.497 e. The molecule has 2 aromatic rings. The fraction of sp³-hybridized carbons (Fsp3) is 0.391. The molecular weight excluding hydrogens is 414 g/mol. The Hall–Kier alpha value is -3.30. The zero-order chi connectivity index (χ0) is 22.3. The smallest absolute Gasteiger partial charge is 0.309 e. The summed E-state index contributed by atoms with van der Waals surface area (Å²) >= 11 is 0. The van der Waals surface area contributed by atoms with Crippen LogP contribution in [0.25, 0.3) is 0 Å². The molecule has 2 aliphatic rings. The predicted molar refractivity (Wildman–Crippen MR) is 116 cm³/mol. The van der Waals surface area contributed by atoms with Crippen LogP contribution in [0.3, 0.4) is 0 Å². The maximum absolute atomic E-state index is 12.4. The Labute approximate surface area is 186 Å². The van der Waals surface area contributed by atoms with Crippen molar-refractivity contribution in [2.45, 2.75) is 12.6 Å². The Kier molecular flexibility index (Phi) is 7.08. The van der Waals surface area contributed by atoms with Gasteiger partial charge in [0.25, 0.3) is 0 Å². The summed E-state index contributed by atoms with van der Waals surface area (Å²) in [6.45, 7) is 3.46. The van der Waals surface area contributed by atoms with E-state index in [0.717, 1.165) is 30.0 Å². The first-order valence-corrected chi connectivity index (χ1v) is 10.5. The van der Waals surface area contributed by atoms with E-state index < -0.39 is 11.8 Å². The second-order valence-electron chi connectivity index (χ2n) is 7.52. The van der Waals surface area contributed by atoms with E-state index in [0.29, 0.717) is 24.7 Å². The van der Waals surface area contributed by atoms with Gasteiger partial charge in [0, 0.05) is 26.2 Å². The first-order chi connectivity index (χ1) is 15.6. The third-order valence-corrected chi connectivity index (χ3v) is 5.54. The number of methoxy groups -OCH3 is 1. The van der Waals surface area contributed by atoms with E-state index in [1.807, 2.05) is 30.3 Å². The first-order valence-electron chi connectivity index (χ1n) is 10.5. The van der Waals surface area contributed by atoms with Crippen molar-refractivity contribution < 1.29 is 28.5 Å². The number of nitrogens with one attached hydrogen (secondary N) is 2. The SMILES string of the molecule is COc1ccc(CNC(=O)C(=O)NCC(c2ccc3c(c2)OCO3)N2CCOCC2)cc1. The predicted octanol–water partition coefficient (Wildman–Crippen LogP) is 1.23. The molecule has 9 heteroatoms. The molecule has 0 radical (unpaired) electrons. The lowest BCUT2D eigenvalue weighted by atomic mass is 10.0. The molecule has 9 nitrogen and oxygen atoms in total. The average molecular weight is 441 g/mol. The molecule has 2 aliphatic heterocycles. The standard InChI is InChI=1S/C23H27N3O6/c1-29-18-5-2-16(3-6-18)13-24-22(27)23(28)25-14-19(26-8-10-30-11-9-26)17-4-7-20-21(12-17)32-15-31-20/h2-7,12,19H,8-11,13-15H2,1H3,(H,24,27)(H,25,28). The van der Waals surface area contributed by atoms with Crippen LogP contribution in [0.4, 0.5) is 0 Å². The third kappa shape index (κ3) is 5.30. The van der Waals surface area contributed by atoms with E-state index in [1.165, 1.54) is 0 Å². The molecule has 0 aliphatic carbocycles. The van der Waals surface area contributed by atoms with E-state index in [1.54, 1.807) is 19.2 Å². The Morgan fingerprint density at radius 2 is 1.72 bits per heavy atom. The van der Waals surface area contributed by atoms with Gasteiger partial charge < -0.3 is 29.6 Å². The van der Waals surface area contributed by atoms with Gasteiger partial charge in [0.15, 0.2) is 11.5 Å². The third-order valence-electron chi connectivity index (χ3n) is 5.54. The van der Waals surface area contributed by atoms with Crippen LogP contribution < -0.4 is 24.8 Å². The van der Waals surface area contributed by atoms with Crippen molar-refractivity contribution in [2.75, 3.05) is 46.8 Å². The van der Waals surface area contributed by atoms with Crippen molar-refractivity contribution in [2.24, 2.45) is 0 Å². The highest BCUT2D eigenvalue weighted by Gasteiger charge is 2.26. The van der Waals surface area contributed by atoms with Crippen LogP contribution in [0, 0.1) is 0 Å². The molecule has 1 fully saturated rings. The number of rotatable bonds is 7. The summed E-state index contributed by atoms with van der Waals surface area (Å²) in [4.78, 5) is 27.0. The summed E-state index contributed by atoms with van der Waals surface area (Å²) in [5, 5.41) is 5.43. The van der Waals surface area contributed by atoms with Crippen molar-refractivity contribution in [3.63, 3.8) is 0 Å². The summed E-state index contributed by atoms with van der Waals surface area (Å²) in [6.07, 6.45) is 0. The second-order valence-corrected chi connectivity index (χ2v) is 7.52. The van der Waals surface area contributed by atoms with Gasteiger partial charge in [0.2, 0.25) is 6.79 Å². The van der Waals surface area contributed by atoms with Gasteiger partial charge in [0.05, 0.1) is 26.4 Å². The van der Waals surface area contributed by atoms with Crippen LogP contribution in [-0.2, 0) is 20.9 Å². The van der Waals surface area contributed by atoms with Crippen LogP contribution in [0.1, 0.15) is 17.2 Å². The highest BCUT2D eigenvalue weighted by Crippen LogP contribution is 2.35. The van der Waals surface area contributed by atoms with Crippen LogP contribution in [-0.4, -0.2) is 63.5 Å². The van der Waals surface area contributed by atoms with Gasteiger partial charge in [-0.25, -0.2) is 0 Å². The lowest BCUT2D eigenvalue weighted by Gasteiger charge is -2.34. The van der Waals surface area contributed by atoms with E-state index in [9.17, 15) is 9.59 Å². The molecule has 4 rings (SSSR count). The summed E-state index contributed by atoms with van der Waals surface area (Å²) in [5.74, 6) is 0.779. The summed E-state index contributed by atoms with van der Waals surface area (Å²) in [7, 11) is 1.59. The van der Waals surface area contributed by atoms with E-state index >= 15 is 0 Å². The van der Waals surface area contributed by atoms with Crippen molar-refractivity contribution in [3.05, 3.63) is 53.6 Å². The average Bonchev–Trinajstić information content (AvgIpc) is 3.31. The minimum absolute atomic E-state index is 0.119. The molecule has 2 aromatic carbocycles. The van der Waals surface area contributed by atoms with Crippen molar-refractivity contribution in [1.29, 1.82) is 0 Å². The molecule has 2 heterocycles. The van der Waals surface area contributed by atoms with E-state index in [2.05, 4.69) is 15.5 Å². The van der Waals surface area contributed by atoms with Crippen LogP contribution >= 0.6 is 0 Å². The van der Waals surface area contributed by atoms with E-state index in [4.69, 9.17) is 18.9 Å². The lowest BCUT2D eigenvalue weighted by Crippen LogP contribution is -2.46. The van der Waals surface area contributed by atoms with Gasteiger partial charge in [0.1, 0.15) is 5.75 Å². The van der Waals surface area contributed by atoms with Gasteiger partial charge in [-0.1, -0.05) is 18.2 Å². The number of carbonyl (C=O) groups excluding carboxylic acids is 2. The fourth-order valence-corrected chi connectivity index (χ4v) is 3.74. The zero-order valence-corrected chi connectivity index (χ0v) is 18.0. The molecule has 0 spiro atoms. The fourth-order valence-electron chi connectivity index (χ4n) is 3.74. The monoisotopic (exact) mass is 441 g/mol. The number of ether oxygens (including phenoxy) is 4. The number of hydrogen-bond acceptors (Lipinski definition) is 7. The molecule has 1 unspecified atom stereocenters. The first kappa shape index (κ1) is 21.9. The Morgan fingerprint density at radius 1 is 1.00 bits per heavy atom. The minimum atomic E-state index is -0.674. The molecule has 2 amide bonds. The topological polar surface area (TPSA) is 98.4 Å². The number of hydrogen-bond donors (Lipinski definition) is 2. The van der Waals surface area contributed by atoms with Gasteiger partial charge in [-0.2, -0.15) is 0 Å². The number of morpholine rings is 1. The molecule has 2 N–H and O–H groups in total. The van der Waals surface area contributed by atoms with Gasteiger partial charge in [-0.3, -0.25) is 14.5 Å². The minimum Gasteiger partial charge on any atom is -0.497 e. The molecule has 1 atom stereocenters. The molecule has 1 saturated heterocycles. The van der Waals surface area contributed by atoms with Crippen molar-refractivity contribution in [3.8, 4) is 17.2 Å². The maximum atomic E-state index is 12.4. The Morgan fingerprint density at radius 3 is 2.47 bits per heavy atom.